The van der Waals surface area contributed by atoms with E-state index in [1.54, 1.807) is 6.07 Å². The van der Waals surface area contributed by atoms with Crippen molar-refractivity contribution in [2.75, 3.05) is 6.61 Å². The minimum Gasteiger partial charge on any atom is -0.396 e. The second kappa shape index (κ2) is 4.83. The third kappa shape index (κ3) is 2.94. The van der Waals surface area contributed by atoms with Crippen molar-refractivity contribution in [3.05, 3.63) is 33.3 Å². The van der Waals surface area contributed by atoms with Crippen molar-refractivity contribution in [3.8, 4) is 0 Å². The van der Waals surface area contributed by atoms with E-state index in [-0.39, 0.29) is 18.1 Å². The van der Waals surface area contributed by atoms with Gasteiger partial charge in [0.05, 0.1) is 0 Å². The number of nitrogens with two attached hydrogens (primary N) is 1. The lowest BCUT2D eigenvalue weighted by atomic mass is 9.82. The SMILES string of the molecule is CC(C)(CO)[C@@H](N)c1cc(Br)ccc1Cl. The van der Waals surface area contributed by atoms with Crippen LogP contribution in [0.15, 0.2) is 22.7 Å². The molecular weight excluding hydrogens is 277 g/mol. The van der Waals surface area contributed by atoms with Crippen LogP contribution < -0.4 is 5.73 Å². The summed E-state index contributed by atoms with van der Waals surface area (Å²) < 4.78 is 0.936. The zero-order chi connectivity index (χ0) is 11.6. The monoisotopic (exact) mass is 291 g/mol. The van der Waals surface area contributed by atoms with Gasteiger partial charge >= 0.3 is 0 Å². The van der Waals surface area contributed by atoms with Gasteiger partial charge in [0.1, 0.15) is 0 Å². The van der Waals surface area contributed by atoms with E-state index in [0.29, 0.717) is 5.02 Å². The summed E-state index contributed by atoms with van der Waals surface area (Å²) >= 11 is 9.45. The molecular formula is C11H15BrClNO. The summed E-state index contributed by atoms with van der Waals surface area (Å²) in [4.78, 5) is 0. The summed E-state index contributed by atoms with van der Waals surface area (Å²) in [6.45, 7) is 3.85. The Morgan fingerprint density at radius 1 is 1.53 bits per heavy atom. The zero-order valence-corrected chi connectivity index (χ0v) is 11.1. The van der Waals surface area contributed by atoms with Crippen molar-refractivity contribution in [2.24, 2.45) is 11.1 Å². The first-order valence-corrected chi connectivity index (χ1v) is 5.87. The molecule has 1 rings (SSSR count). The molecule has 0 amide bonds. The zero-order valence-electron chi connectivity index (χ0n) is 8.80. The molecule has 1 aromatic rings. The molecule has 0 spiro atoms. The van der Waals surface area contributed by atoms with Crippen LogP contribution in [0.1, 0.15) is 25.5 Å². The summed E-state index contributed by atoms with van der Waals surface area (Å²) in [5.41, 5.74) is 6.56. The van der Waals surface area contributed by atoms with E-state index >= 15 is 0 Å². The van der Waals surface area contributed by atoms with Gasteiger partial charge in [-0.2, -0.15) is 0 Å². The number of benzene rings is 1. The Morgan fingerprint density at radius 3 is 2.67 bits per heavy atom. The highest BCUT2D eigenvalue weighted by atomic mass is 79.9. The molecule has 15 heavy (non-hydrogen) atoms. The van der Waals surface area contributed by atoms with Gasteiger partial charge in [0.2, 0.25) is 0 Å². The van der Waals surface area contributed by atoms with Crippen molar-refractivity contribution < 1.29 is 5.11 Å². The molecule has 1 aromatic carbocycles. The normalized spacial score (nSPS) is 14.0. The quantitative estimate of drug-likeness (QED) is 0.899. The largest absolute Gasteiger partial charge is 0.396 e. The molecule has 1 atom stereocenters. The van der Waals surface area contributed by atoms with E-state index < -0.39 is 0 Å². The third-order valence-electron chi connectivity index (χ3n) is 2.54. The van der Waals surface area contributed by atoms with Crippen LogP contribution in [0.2, 0.25) is 5.02 Å². The smallest absolute Gasteiger partial charge is 0.0500 e. The molecule has 4 heteroatoms. The second-order valence-corrected chi connectivity index (χ2v) is 5.61. The van der Waals surface area contributed by atoms with Crippen molar-refractivity contribution in [3.63, 3.8) is 0 Å². The lowest BCUT2D eigenvalue weighted by Crippen LogP contribution is -2.32. The lowest BCUT2D eigenvalue weighted by Gasteiger charge is -2.30. The number of aliphatic hydroxyl groups excluding tert-OH is 1. The summed E-state index contributed by atoms with van der Waals surface area (Å²) in [6, 6.07) is 5.27. The molecule has 2 nitrogen and oxygen atoms in total. The summed E-state index contributed by atoms with van der Waals surface area (Å²) in [6.07, 6.45) is 0. The third-order valence-corrected chi connectivity index (χ3v) is 3.38. The molecule has 0 fully saturated rings. The highest BCUT2D eigenvalue weighted by molar-refractivity contribution is 9.10. The number of aliphatic hydroxyl groups is 1. The predicted octanol–water partition coefficient (Wildman–Crippen LogP) is 3.12. The molecule has 0 bridgehead atoms. The predicted molar refractivity (Wildman–Crippen MR) is 66.9 cm³/mol. The Morgan fingerprint density at radius 2 is 2.13 bits per heavy atom. The van der Waals surface area contributed by atoms with Crippen LogP contribution in [-0.2, 0) is 0 Å². The molecule has 0 saturated heterocycles. The van der Waals surface area contributed by atoms with Crippen molar-refractivity contribution in [1.82, 2.24) is 0 Å². The van der Waals surface area contributed by atoms with E-state index in [2.05, 4.69) is 15.9 Å². The van der Waals surface area contributed by atoms with Gasteiger partial charge in [-0.3, -0.25) is 0 Å². The minimum absolute atomic E-state index is 0.0248. The first-order valence-electron chi connectivity index (χ1n) is 4.70. The Kier molecular flexibility index (Phi) is 4.18. The van der Waals surface area contributed by atoms with E-state index in [1.165, 1.54) is 0 Å². The van der Waals surface area contributed by atoms with Crippen LogP contribution in [-0.4, -0.2) is 11.7 Å². The Balaban J connectivity index is 3.10. The number of halogens is 2. The van der Waals surface area contributed by atoms with E-state index in [1.807, 2.05) is 26.0 Å². The maximum atomic E-state index is 9.25. The van der Waals surface area contributed by atoms with Gasteiger partial charge in [0.25, 0.3) is 0 Å². The Bertz CT molecular complexity index is 354. The molecule has 3 N–H and O–H groups in total. The first-order chi connectivity index (χ1) is 6.88. The molecule has 0 aliphatic carbocycles. The standard InChI is InChI=1S/C11H15BrClNO/c1-11(2,6-15)10(14)8-5-7(12)3-4-9(8)13/h3-5,10,15H,6,14H2,1-2H3/t10-/m0/s1. The average molecular weight is 293 g/mol. The Hall–Kier alpha value is -0.0900. The van der Waals surface area contributed by atoms with Gasteiger partial charge in [-0.05, 0) is 23.8 Å². The van der Waals surface area contributed by atoms with E-state index in [0.717, 1.165) is 10.0 Å². The van der Waals surface area contributed by atoms with Crippen LogP contribution in [0, 0.1) is 5.41 Å². The van der Waals surface area contributed by atoms with Gasteiger partial charge in [0, 0.05) is 27.6 Å². The molecule has 0 aliphatic heterocycles. The minimum atomic E-state index is -0.384. The van der Waals surface area contributed by atoms with Crippen molar-refractivity contribution >= 4 is 27.5 Å². The van der Waals surface area contributed by atoms with Crippen molar-refractivity contribution in [2.45, 2.75) is 19.9 Å². The average Bonchev–Trinajstić information content (AvgIpc) is 2.20. The van der Waals surface area contributed by atoms with Gasteiger partial charge in [-0.25, -0.2) is 0 Å². The van der Waals surface area contributed by atoms with Crippen LogP contribution >= 0.6 is 27.5 Å². The van der Waals surface area contributed by atoms with Gasteiger partial charge in [-0.15, -0.1) is 0 Å². The highest BCUT2D eigenvalue weighted by Gasteiger charge is 2.28. The molecule has 84 valence electrons. The van der Waals surface area contributed by atoms with Crippen LogP contribution in [0.3, 0.4) is 0 Å². The molecule has 0 saturated carbocycles. The molecule has 0 heterocycles. The molecule has 0 unspecified atom stereocenters. The summed E-state index contributed by atoms with van der Waals surface area (Å²) in [5, 5.41) is 9.88. The fourth-order valence-corrected chi connectivity index (χ4v) is 1.89. The fraction of sp³-hybridized carbons (Fsp3) is 0.455. The van der Waals surface area contributed by atoms with Gasteiger partial charge in [-0.1, -0.05) is 41.4 Å². The number of hydrogen-bond acceptors (Lipinski definition) is 2. The van der Waals surface area contributed by atoms with E-state index in [4.69, 9.17) is 17.3 Å². The maximum absolute atomic E-state index is 9.25. The second-order valence-electron chi connectivity index (χ2n) is 4.29. The van der Waals surface area contributed by atoms with Crippen LogP contribution in [0.5, 0.6) is 0 Å². The van der Waals surface area contributed by atoms with E-state index in [9.17, 15) is 5.11 Å². The molecule has 0 radical (unpaired) electrons. The fourth-order valence-electron chi connectivity index (χ4n) is 1.27. The maximum Gasteiger partial charge on any atom is 0.0500 e. The topological polar surface area (TPSA) is 46.2 Å². The lowest BCUT2D eigenvalue weighted by molar-refractivity contribution is 0.132. The van der Waals surface area contributed by atoms with Gasteiger partial charge in [0.15, 0.2) is 0 Å². The van der Waals surface area contributed by atoms with Crippen LogP contribution in [0.4, 0.5) is 0 Å². The number of hydrogen-bond donors (Lipinski definition) is 2. The molecule has 0 aromatic heterocycles. The summed E-state index contributed by atoms with van der Waals surface area (Å²) in [7, 11) is 0. The van der Waals surface area contributed by atoms with Crippen molar-refractivity contribution in [1.29, 1.82) is 0 Å². The molecule has 0 aliphatic rings. The van der Waals surface area contributed by atoms with Crippen LogP contribution in [0.25, 0.3) is 0 Å². The van der Waals surface area contributed by atoms with Gasteiger partial charge < -0.3 is 10.8 Å². The summed E-state index contributed by atoms with van der Waals surface area (Å²) in [5.74, 6) is 0. The highest BCUT2D eigenvalue weighted by Crippen LogP contribution is 2.35. The Labute approximate surface area is 104 Å². The first kappa shape index (κ1) is 13.0. The number of rotatable bonds is 3.